The van der Waals surface area contributed by atoms with Gasteiger partial charge in [0.15, 0.2) is 0 Å². The second-order valence-electron chi connectivity index (χ2n) is 7.62. The maximum absolute atomic E-state index is 12.4. The number of carbonyl (C=O) groups is 2. The Balaban J connectivity index is 1.74. The summed E-state index contributed by atoms with van der Waals surface area (Å²) in [5, 5.41) is 5.48. The molecular formula is C20H29N5O2. The quantitative estimate of drug-likeness (QED) is 0.726. The zero-order valence-corrected chi connectivity index (χ0v) is 16.1. The molecule has 7 heteroatoms. The molecule has 1 aromatic carbocycles. The molecule has 0 saturated heterocycles. The van der Waals surface area contributed by atoms with E-state index in [1.165, 1.54) is 19.3 Å². The molecule has 27 heavy (non-hydrogen) atoms. The first-order valence-electron chi connectivity index (χ1n) is 9.77. The van der Waals surface area contributed by atoms with Gasteiger partial charge in [-0.15, -0.1) is 0 Å². The molecule has 0 bridgehead atoms. The van der Waals surface area contributed by atoms with Crippen molar-refractivity contribution in [2.45, 2.75) is 58.0 Å². The first kappa shape index (κ1) is 19.4. The van der Waals surface area contributed by atoms with Gasteiger partial charge in [0.2, 0.25) is 17.8 Å². The van der Waals surface area contributed by atoms with Gasteiger partial charge in [-0.3, -0.25) is 14.9 Å². The van der Waals surface area contributed by atoms with Crippen molar-refractivity contribution in [3.05, 3.63) is 24.3 Å². The lowest BCUT2D eigenvalue weighted by Gasteiger charge is -2.25. The van der Waals surface area contributed by atoms with Crippen LogP contribution in [0.4, 0.5) is 5.95 Å². The van der Waals surface area contributed by atoms with Crippen molar-refractivity contribution in [2.75, 3.05) is 11.9 Å². The van der Waals surface area contributed by atoms with Crippen molar-refractivity contribution in [3.8, 4) is 0 Å². The van der Waals surface area contributed by atoms with Crippen LogP contribution >= 0.6 is 0 Å². The fourth-order valence-corrected chi connectivity index (χ4v) is 3.60. The number of aromatic nitrogens is 2. The zero-order valence-electron chi connectivity index (χ0n) is 16.1. The summed E-state index contributed by atoms with van der Waals surface area (Å²) in [6.45, 7) is 3.63. The maximum Gasteiger partial charge on any atom is 0.246 e. The number of hydrogen-bond acceptors (Lipinski definition) is 4. The third kappa shape index (κ3) is 4.47. The number of carbonyl (C=O) groups excluding carboxylic acids is 2. The van der Waals surface area contributed by atoms with Crippen LogP contribution in [0.2, 0.25) is 0 Å². The summed E-state index contributed by atoms with van der Waals surface area (Å²) in [5.74, 6) is -0.0494. The number of nitrogens with one attached hydrogen (secondary N) is 2. The summed E-state index contributed by atoms with van der Waals surface area (Å²) >= 11 is 0. The lowest BCUT2D eigenvalue weighted by atomic mass is 9.95. The Morgan fingerprint density at radius 1 is 1.22 bits per heavy atom. The molecule has 1 fully saturated rings. The molecule has 2 amide bonds. The number of nitrogens with two attached hydrogens (primary N) is 1. The van der Waals surface area contributed by atoms with Crippen LogP contribution in [-0.2, 0) is 9.59 Å². The highest BCUT2D eigenvalue weighted by atomic mass is 16.2. The minimum atomic E-state index is -0.621. The van der Waals surface area contributed by atoms with E-state index in [-0.39, 0.29) is 24.3 Å². The Morgan fingerprint density at radius 2 is 1.93 bits per heavy atom. The lowest BCUT2D eigenvalue weighted by molar-refractivity contribution is -0.125. The second-order valence-corrected chi connectivity index (χ2v) is 7.62. The number of fused-ring (bicyclic) bond motifs is 1. The molecule has 0 radical (unpaired) electrons. The molecule has 1 aromatic heterocycles. The molecule has 0 aliphatic heterocycles. The van der Waals surface area contributed by atoms with Crippen LogP contribution in [0.3, 0.4) is 0 Å². The highest BCUT2D eigenvalue weighted by Gasteiger charge is 2.23. The Morgan fingerprint density at radius 3 is 2.63 bits per heavy atom. The monoisotopic (exact) mass is 371 g/mol. The molecule has 1 heterocycles. The van der Waals surface area contributed by atoms with Crippen LogP contribution in [0.1, 0.15) is 52.0 Å². The van der Waals surface area contributed by atoms with Gasteiger partial charge in [0.05, 0.1) is 23.6 Å². The fourth-order valence-electron chi connectivity index (χ4n) is 3.60. The highest BCUT2D eigenvalue weighted by molar-refractivity contribution is 5.95. The number of imidazole rings is 1. The molecule has 0 spiro atoms. The molecule has 1 atom stereocenters. The summed E-state index contributed by atoms with van der Waals surface area (Å²) in [7, 11) is 0. The van der Waals surface area contributed by atoms with Gasteiger partial charge in [0.25, 0.3) is 0 Å². The molecule has 1 saturated carbocycles. The molecule has 0 unspecified atom stereocenters. The van der Waals surface area contributed by atoms with E-state index in [2.05, 4.69) is 20.2 Å². The molecule has 1 aliphatic carbocycles. The van der Waals surface area contributed by atoms with Gasteiger partial charge < -0.3 is 15.6 Å². The number of nitrogens with zero attached hydrogens (tertiary/aromatic N) is 2. The van der Waals surface area contributed by atoms with Gasteiger partial charge in [-0.1, -0.05) is 45.2 Å². The van der Waals surface area contributed by atoms with Crippen LogP contribution in [0.5, 0.6) is 0 Å². The average molecular weight is 371 g/mol. The Kier molecular flexibility index (Phi) is 6.11. The minimum Gasteiger partial charge on any atom is -0.346 e. The summed E-state index contributed by atoms with van der Waals surface area (Å²) in [5.41, 5.74) is 7.71. The third-order valence-corrected chi connectivity index (χ3v) is 5.23. The smallest absolute Gasteiger partial charge is 0.246 e. The lowest BCUT2D eigenvalue weighted by Crippen LogP contribution is -2.46. The number of rotatable bonds is 6. The fraction of sp³-hybridized carbons (Fsp3) is 0.550. The van der Waals surface area contributed by atoms with Gasteiger partial charge in [-0.25, -0.2) is 4.98 Å². The summed E-state index contributed by atoms with van der Waals surface area (Å²) in [6, 6.07) is 7.64. The highest BCUT2D eigenvalue weighted by Crippen LogP contribution is 2.34. The second kappa shape index (κ2) is 8.52. The Hall–Kier alpha value is -2.41. The molecule has 4 N–H and O–H groups in total. The number of benzene rings is 1. The molecule has 1 aliphatic rings. The first-order chi connectivity index (χ1) is 13.0. The van der Waals surface area contributed by atoms with Crippen molar-refractivity contribution in [3.63, 3.8) is 0 Å². The predicted octanol–water partition coefficient (Wildman–Crippen LogP) is 2.58. The SMILES string of the molecule is CC(C)[C@H](N)C(=O)NCC(=O)Nc1nc2ccccc2n1C1CCCCC1. The Bertz CT molecular complexity index is 808. The third-order valence-electron chi connectivity index (χ3n) is 5.23. The number of amides is 2. The normalized spacial score (nSPS) is 16.4. The largest absolute Gasteiger partial charge is 0.346 e. The van der Waals surface area contributed by atoms with Crippen molar-refractivity contribution < 1.29 is 9.59 Å². The van der Waals surface area contributed by atoms with E-state index >= 15 is 0 Å². The van der Waals surface area contributed by atoms with Crippen molar-refractivity contribution in [1.82, 2.24) is 14.9 Å². The summed E-state index contributed by atoms with van der Waals surface area (Å²) in [4.78, 5) is 29.0. The molecule has 3 rings (SSSR count). The first-order valence-corrected chi connectivity index (χ1v) is 9.77. The van der Waals surface area contributed by atoms with E-state index in [1.807, 2.05) is 38.1 Å². The molecular weight excluding hydrogens is 342 g/mol. The van der Waals surface area contributed by atoms with E-state index < -0.39 is 6.04 Å². The number of para-hydroxylation sites is 2. The van der Waals surface area contributed by atoms with Gasteiger partial charge in [0.1, 0.15) is 0 Å². The molecule has 2 aromatic rings. The van der Waals surface area contributed by atoms with Crippen LogP contribution in [0, 0.1) is 5.92 Å². The predicted molar refractivity (Wildman–Crippen MR) is 106 cm³/mol. The van der Waals surface area contributed by atoms with Gasteiger partial charge >= 0.3 is 0 Å². The zero-order chi connectivity index (χ0) is 19.4. The Labute approximate surface area is 159 Å². The van der Waals surface area contributed by atoms with E-state index in [1.54, 1.807) is 0 Å². The number of anilines is 1. The maximum atomic E-state index is 12.4. The van der Waals surface area contributed by atoms with E-state index in [0.29, 0.717) is 12.0 Å². The summed E-state index contributed by atoms with van der Waals surface area (Å²) < 4.78 is 2.15. The topological polar surface area (TPSA) is 102 Å². The minimum absolute atomic E-state index is 0.0172. The van der Waals surface area contributed by atoms with Crippen LogP contribution < -0.4 is 16.4 Å². The van der Waals surface area contributed by atoms with E-state index in [0.717, 1.165) is 23.9 Å². The standard InChI is InChI=1S/C20H29N5O2/c1-13(2)18(21)19(27)22-12-17(26)24-20-23-15-10-6-7-11-16(15)25(20)14-8-4-3-5-9-14/h6-7,10-11,13-14,18H,3-5,8-9,12,21H2,1-2H3,(H,22,27)(H,23,24,26)/t18-/m0/s1. The molecule has 7 nitrogen and oxygen atoms in total. The van der Waals surface area contributed by atoms with Crippen LogP contribution in [0.25, 0.3) is 11.0 Å². The van der Waals surface area contributed by atoms with E-state index in [9.17, 15) is 9.59 Å². The van der Waals surface area contributed by atoms with Crippen molar-refractivity contribution in [1.29, 1.82) is 0 Å². The van der Waals surface area contributed by atoms with Crippen LogP contribution in [0.15, 0.2) is 24.3 Å². The van der Waals surface area contributed by atoms with E-state index in [4.69, 9.17) is 5.73 Å². The van der Waals surface area contributed by atoms with Gasteiger partial charge in [-0.2, -0.15) is 0 Å². The molecule has 146 valence electrons. The summed E-state index contributed by atoms with van der Waals surface area (Å²) in [6.07, 6.45) is 5.81. The van der Waals surface area contributed by atoms with Crippen LogP contribution in [-0.4, -0.2) is 34.0 Å². The van der Waals surface area contributed by atoms with Gasteiger partial charge in [-0.05, 0) is 30.9 Å². The van der Waals surface area contributed by atoms with Crippen molar-refractivity contribution in [2.24, 2.45) is 11.7 Å². The number of hydrogen-bond donors (Lipinski definition) is 3. The van der Waals surface area contributed by atoms with Crippen molar-refractivity contribution >= 4 is 28.8 Å². The average Bonchev–Trinajstić information content (AvgIpc) is 3.03. The van der Waals surface area contributed by atoms with Gasteiger partial charge in [0, 0.05) is 6.04 Å².